The minimum Gasteiger partial charge on any atom is -0.498 e. The number of furan rings is 1. The molecular weight excluding hydrogens is 915 g/mol. The molecule has 1 radical (unpaired) electrons. The summed E-state index contributed by atoms with van der Waals surface area (Å²) in [5.74, 6) is 0.804. The summed E-state index contributed by atoms with van der Waals surface area (Å²) in [7, 11) is 0. The van der Waals surface area contributed by atoms with Crippen molar-refractivity contribution in [3.05, 3.63) is 188 Å². The SMILES string of the molecule is CC(C)(C)c1ccccc1-n1c(-c2[c-]ccc3c2oc2c3ccc3nc4c5ccccc5c5ccccc5n4c32)nc2ccccc21.[Ir].[c-]1ccccc1-c1ccccn1. The molecule has 0 bridgehead atoms. The van der Waals surface area contributed by atoms with Gasteiger partial charge in [-0.25, -0.2) is 4.98 Å². The first-order chi connectivity index (χ1) is 28.9. The van der Waals surface area contributed by atoms with E-state index in [0.717, 1.165) is 88.9 Å². The molecule has 0 N–H and O–H groups in total. The van der Waals surface area contributed by atoms with Gasteiger partial charge in [0.05, 0.1) is 33.5 Å². The molecule has 0 aliphatic rings. The van der Waals surface area contributed by atoms with Crippen LogP contribution in [0.1, 0.15) is 26.3 Å². The van der Waals surface area contributed by atoms with Gasteiger partial charge in [0.15, 0.2) is 0 Å². The van der Waals surface area contributed by atoms with Crippen LogP contribution in [0.4, 0.5) is 0 Å². The standard InChI is InChI=1S/C42H29N4O.C11H8N.Ir/c1-42(2,3)31-18-7-10-21-35(31)45-36-22-11-8-19-32(36)43-41(45)30-17-12-16-27-28-23-24-33-37(39(28)47-38(27)30)46-34-20-9-6-14-26(34)25-13-4-5-15-29(25)40(46)44-33;1-2-6-10(7-3-1)11-8-4-5-9-12-11;/h4-16,18-24H,1-3H3;1-6,8-9H;/q2*-1;. The van der Waals surface area contributed by atoms with Crippen LogP contribution >= 0.6 is 0 Å². The van der Waals surface area contributed by atoms with Crippen molar-refractivity contribution < 1.29 is 24.5 Å². The maximum atomic E-state index is 7.02. The summed E-state index contributed by atoms with van der Waals surface area (Å²) in [6, 6.07) is 62.7. The Labute approximate surface area is 360 Å². The predicted molar refractivity (Wildman–Crippen MR) is 241 cm³/mol. The molecule has 12 rings (SSSR count). The predicted octanol–water partition coefficient (Wildman–Crippen LogP) is 13.3. The first-order valence-electron chi connectivity index (χ1n) is 19.9. The first-order valence-corrected chi connectivity index (χ1v) is 19.9. The number of fused-ring (bicyclic) bond motifs is 13. The van der Waals surface area contributed by atoms with E-state index in [0.29, 0.717) is 0 Å². The van der Waals surface area contributed by atoms with Gasteiger partial charge in [-0.05, 0) is 64.5 Å². The van der Waals surface area contributed by atoms with Gasteiger partial charge in [0.1, 0.15) is 16.7 Å². The number of para-hydroxylation sites is 4. The fraction of sp³-hybridized carbons (Fsp3) is 0.0755. The second-order valence-electron chi connectivity index (χ2n) is 15.9. The molecule has 6 nitrogen and oxygen atoms in total. The molecule has 7 heteroatoms. The van der Waals surface area contributed by atoms with Crippen molar-refractivity contribution in [3.8, 4) is 28.3 Å². The summed E-state index contributed by atoms with van der Waals surface area (Å²) >= 11 is 0. The maximum Gasteiger partial charge on any atom is 0.147 e. The van der Waals surface area contributed by atoms with Crippen LogP contribution in [0.2, 0.25) is 0 Å². The average Bonchev–Trinajstić information content (AvgIpc) is 3.99. The van der Waals surface area contributed by atoms with Gasteiger partial charge < -0.3 is 14.0 Å². The van der Waals surface area contributed by atoms with E-state index >= 15 is 0 Å². The summed E-state index contributed by atoms with van der Waals surface area (Å²) in [4.78, 5) is 14.6. The fourth-order valence-electron chi connectivity index (χ4n) is 8.56. The molecule has 7 aromatic carbocycles. The van der Waals surface area contributed by atoms with Crippen LogP contribution in [0, 0.1) is 12.1 Å². The molecule has 0 aliphatic carbocycles. The van der Waals surface area contributed by atoms with Crippen molar-refractivity contribution in [2.24, 2.45) is 0 Å². The van der Waals surface area contributed by atoms with Gasteiger partial charge in [-0.15, -0.1) is 54.1 Å². The maximum absolute atomic E-state index is 7.02. The molecule has 12 aromatic rings. The molecule has 0 unspecified atom stereocenters. The Morgan fingerprint density at radius 3 is 2.07 bits per heavy atom. The van der Waals surface area contributed by atoms with E-state index in [1.54, 1.807) is 6.20 Å². The van der Waals surface area contributed by atoms with Crippen LogP contribution in [-0.4, -0.2) is 23.9 Å². The third-order valence-electron chi connectivity index (χ3n) is 11.2. The van der Waals surface area contributed by atoms with Gasteiger partial charge in [0.25, 0.3) is 0 Å². The zero-order chi connectivity index (χ0) is 39.7. The molecule has 0 amide bonds. The van der Waals surface area contributed by atoms with Crippen LogP contribution in [0.15, 0.2) is 174 Å². The molecule has 0 saturated carbocycles. The molecule has 5 heterocycles. The van der Waals surface area contributed by atoms with Gasteiger partial charge in [-0.2, -0.15) is 0 Å². The fourth-order valence-corrected chi connectivity index (χ4v) is 8.56. The molecule has 291 valence electrons. The number of imidazole rings is 2. The zero-order valence-electron chi connectivity index (χ0n) is 33.1. The number of benzene rings is 7. The third-order valence-corrected chi connectivity index (χ3v) is 11.2. The molecule has 0 saturated heterocycles. The molecular formula is C53H37IrN5O-2. The van der Waals surface area contributed by atoms with Gasteiger partial charge >= 0.3 is 0 Å². The van der Waals surface area contributed by atoms with Crippen molar-refractivity contribution >= 4 is 71.3 Å². The molecule has 0 spiro atoms. The van der Waals surface area contributed by atoms with Crippen LogP contribution in [0.3, 0.4) is 0 Å². The molecule has 5 aromatic heterocycles. The molecule has 0 aliphatic heterocycles. The second-order valence-corrected chi connectivity index (χ2v) is 15.9. The Hall–Kier alpha value is -6.92. The Morgan fingerprint density at radius 1 is 0.550 bits per heavy atom. The number of rotatable bonds is 3. The van der Waals surface area contributed by atoms with Crippen molar-refractivity contribution in [1.82, 2.24) is 23.9 Å². The van der Waals surface area contributed by atoms with E-state index in [4.69, 9.17) is 14.4 Å². The summed E-state index contributed by atoms with van der Waals surface area (Å²) < 4.78 is 11.6. The largest absolute Gasteiger partial charge is 0.498 e. The van der Waals surface area contributed by atoms with Gasteiger partial charge in [0, 0.05) is 48.1 Å². The normalized spacial score (nSPS) is 11.8. The molecule has 0 atom stereocenters. The average molecular weight is 952 g/mol. The monoisotopic (exact) mass is 952 g/mol. The molecule has 60 heavy (non-hydrogen) atoms. The van der Waals surface area contributed by atoms with Crippen molar-refractivity contribution in [1.29, 1.82) is 0 Å². The van der Waals surface area contributed by atoms with Crippen molar-refractivity contribution in [2.75, 3.05) is 0 Å². The topological polar surface area (TPSA) is 61.2 Å². The second kappa shape index (κ2) is 14.7. The quantitative estimate of drug-likeness (QED) is 0.131. The number of aromatic nitrogens is 5. The van der Waals surface area contributed by atoms with Crippen LogP contribution in [0.25, 0.3) is 99.7 Å². The Bertz CT molecular complexity index is 3510. The minimum atomic E-state index is -0.0735. The Morgan fingerprint density at radius 2 is 1.27 bits per heavy atom. The van der Waals surface area contributed by atoms with Crippen molar-refractivity contribution in [3.63, 3.8) is 0 Å². The number of hydrogen-bond acceptors (Lipinski definition) is 4. The van der Waals surface area contributed by atoms with E-state index in [-0.39, 0.29) is 25.5 Å². The Balaban J connectivity index is 0.000000287. The third kappa shape index (κ3) is 6.00. The van der Waals surface area contributed by atoms with E-state index in [9.17, 15) is 0 Å². The first kappa shape index (κ1) is 37.4. The minimum absolute atomic E-state index is 0. The van der Waals surface area contributed by atoms with Crippen LogP contribution in [0.5, 0.6) is 0 Å². The van der Waals surface area contributed by atoms with Crippen LogP contribution < -0.4 is 0 Å². The van der Waals surface area contributed by atoms with Gasteiger partial charge in [-0.1, -0.05) is 117 Å². The number of hydrogen-bond donors (Lipinski definition) is 0. The summed E-state index contributed by atoms with van der Waals surface area (Å²) in [6.07, 6.45) is 1.79. The van der Waals surface area contributed by atoms with E-state index < -0.39 is 0 Å². The zero-order valence-corrected chi connectivity index (χ0v) is 35.5. The van der Waals surface area contributed by atoms with E-state index in [1.165, 1.54) is 16.3 Å². The van der Waals surface area contributed by atoms with Crippen LogP contribution in [-0.2, 0) is 25.5 Å². The smallest absolute Gasteiger partial charge is 0.147 e. The number of pyridine rings is 2. The Kier molecular flexibility index (Phi) is 9.16. The summed E-state index contributed by atoms with van der Waals surface area (Å²) in [6.45, 7) is 6.76. The van der Waals surface area contributed by atoms with Crippen molar-refractivity contribution in [2.45, 2.75) is 26.2 Å². The van der Waals surface area contributed by atoms with E-state index in [1.807, 2.05) is 54.6 Å². The summed E-state index contributed by atoms with van der Waals surface area (Å²) in [5, 5.41) is 5.56. The summed E-state index contributed by atoms with van der Waals surface area (Å²) in [5.41, 5.74) is 12.5. The number of nitrogens with zero attached hydrogens (tertiary/aromatic N) is 5. The van der Waals surface area contributed by atoms with Gasteiger partial charge in [0.2, 0.25) is 0 Å². The molecule has 0 fully saturated rings. The van der Waals surface area contributed by atoms with Gasteiger partial charge in [-0.3, -0.25) is 9.38 Å². The van der Waals surface area contributed by atoms with E-state index in [2.05, 4.69) is 156 Å².